The summed E-state index contributed by atoms with van der Waals surface area (Å²) in [6.45, 7) is 0.280. The Morgan fingerprint density at radius 1 is 1.09 bits per heavy atom. The van der Waals surface area contributed by atoms with Gasteiger partial charge in [-0.15, -0.1) is 0 Å². The first-order chi connectivity index (χ1) is 10.7. The second-order valence-electron chi connectivity index (χ2n) is 4.60. The molecule has 2 aromatic carbocycles. The van der Waals surface area contributed by atoms with Gasteiger partial charge in [0.05, 0.1) is 0 Å². The Morgan fingerprint density at radius 3 is 2.59 bits per heavy atom. The first-order valence-corrected chi connectivity index (χ1v) is 8.53. The number of benzene rings is 2. The van der Waals surface area contributed by atoms with E-state index in [9.17, 15) is 4.79 Å². The number of aromatic carboxylic acids is 1. The van der Waals surface area contributed by atoms with E-state index in [1.807, 2.05) is 30.3 Å². The summed E-state index contributed by atoms with van der Waals surface area (Å²) < 4.78 is 6.69. The number of hydrogen-bond donors (Lipinski definition) is 1. The van der Waals surface area contributed by atoms with Crippen LogP contribution in [-0.4, -0.2) is 30.6 Å². The Balaban J connectivity index is 1.73. The summed E-state index contributed by atoms with van der Waals surface area (Å²) in [5.74, 6) is -0.625. The van der Waals surface area contributed by atoms with Gasteiger partial charge in [-0.1, -0.05) is 0 Å². The molecule has 0 unspecified atom stereocenters. The second kappa shape index (κ2) is 6.60. The molecule has 0 atom stereocenters. The molecule has 0 aliphatic rings. The van der Waals surface area contributed by atoms with Crippen molar-refractivity contribution in [2.45, 2.75) is 6.61 Å². The number of para-hydroxylation sites is 1. The van der Waals surface area contributed by atoms with Crippen molar-refractivity contribution >= 4 is 20.5 Å². The van der Waals surface area contributed by atoms with Crippen LogP contribution in [0.5, 0.6) is 5.75 Å². The first-order valence-electron chi connectivity index (χ1n) is 6.69. The number of carbonyl (C=O) groups is 1. The van der Waals surface area contributed by atoms with Gasteiger partial charge in [0.1, 0.15) is 0 Å². The van der Waals surface area contributed by atoms with Crippen molar-refractivity contribution in [1.29, 1.82) is 0 Å². The number of aromatic nitrogens is 1. The Kier molecular flexibility index (Phi) is 4.37. The fourth-order valence-electron chi connectivity index (χ4n) is 2.01. The third-order valence-corrected chi connectivity index (χ3v) is 5.04. The maximum atomic E-state index is 11.1. The second-order valence-corrected chi connectivity index (χ2v) is 6.40. The molecule has 1 N–H and O–H groups in total. The third kappa shape index (κ3) is 3.27. The summed E-state index contributed by atoms with van der Waals surface area (Å²) in [4.78, 5) is 17.8. The Bertz CT molecular complexity index is 783. The van der Waals surface area contributed by atoms with Crippen LogP contribution in [-0.2, 0) is 6.61 Å². The van der Waals surface area contributed by atoms with Gasteiger partial charge in [0, 0.05) is 0 Å². The van der Waals surface area contributed by atoms with Crippen LogP contribution in [0, 0.1) is 0 Å². The molecule has 0 radical (unpaired) electrons. The van der Waals surface area contributed by atoms with Gasteiger partial charge in [-0.3, -0.25) is 0 Å². The molecule has 22 heavy (non-hydrogen) atoms. The number of carboxylic acid groups (broad SMARTS) is 1. The molecule has 110 valence electrons. The van der Waals surface area contributed by atoms with Crippen LogP contribution < -0.4 is 4.74 Å². The van der Waals surface area contributed by atoms with Gasteiger partial charge in [0.2, 0.25) is 0 Å². The van der Waals surface area contributed by atoms with Crippen LogP contribution in [0.1, 0.15) is 16.1 Å². The van der Waals surface area contributed by atoms with Crippen molar-refractivity contribution in [1.82, 2.24) is 4.98 Å². The van der Waals surface area contributed by atoms with E-state index in [0.717, 1.165) is 15.8 Å². The van der Waals surface area contributed by atoms with Crippen molar-refractivity contribution in [2.24, 2.45) is 0 Å². The Hall–Kier alpha value is -2.36. The van der Waals surface area contributed by atoms with Crippen LogP contribution >= 0.6 is 0 Å². The molecule has 0 bridgehead atoms. The van der Waals surface area contributed by atoms with Gasteiger partial charge in [0.15, 0.2) is 0 Å². The molecule has 0 aliphatic heterocycles. The summed E-state index contributed by atoms with van der Waals surface area (Å²) in [6, 6.07) is 16.7. The van der Waals surface area contributed by atoms with Gasteiger partial charge in [-0.05, 0) is 0 Å². The fourth-order valence-corrected chi connectivity index (χ4v) is 3.71. The van der Waals surface area contributed by atoms with Gasteiger partial charge >= 0.3 is 133 Å². The van der Waals surface area contributed by atoms with E-state index in [0.29, 0.717) is 5.75 Å². The zero-order chi connectivity index (χ0) is 15.4. The summed E-state index contributed by atoms with van der Waals surface area (Å²) in [6.07, 6.45) is 0. The van der Waals surface area contributed by atoms with Crippen molar-refractivity contribution in [3.8, 4) is 15.9 Å². The monoisotopic (exact) mass is 359 g/mol. The van der Waals surface area contributed by atoms with Crippen LogP contribution in [0.15, 0.2) is 59.5 Å². The van der Waals surface area contributed by atoms with Crippen LogP contribution in [0.4, 0.5) is 0 Å². The van der Waals surface area contributed by atoms with Gasteiger partial charge in [0.25, 0.3) is 0 Å². The molecule has 1 heterocycles. The third-order valence-electron chi connectivity index (χ3n) is 3.07. The van der Waals surface area contributed by atoms with E-state index in [1.54, 1.807) is 18.2 Å². The molecule has 0 aliphatic carbocycles. The van der Waals surface area contributed by atoms with Crippen LogP contribution in [0.3, 0.4) is 0 Å². The van der Waals surface area contributed by atoms with E-state index in [4.69, 9.17) is 9.84 Å². The predicted octanol–water partition coefficient (Wildman–Crippen LogP) is 3.08. The fraction of sp³-hybridized carbons (Fsp3) is 0.0588. The topological polar surface area (TPSA) is 59.4 Å². The van der Waals surface area contributed by atoms with Crippen molar-refractivity contribution in [3.05, 3.63) is 70.8 Å². The molecule has 0 saturated carbocycles. The van der Waals surface area contributed by atoms with Gasteiger partial charge < -0.3 is 0 Å². The number of carboxylic acids is 1. The summed E-state index contributed by atoms with van der Waals surface area (Å²) in [7, 11) is 0. The zero-order valence-electron chi connectivity index (χ0n) is 11.6. The van der Waals surface area contributed by atoms with Crippen LogP contribution in [0.2, 0.25) is 0 Å². The van der Waals surface area contributed by atoms with E-state index in [-0.39, 0.29) is 26.7 Å². The number of hydrogen-bond acceptors (Lipinski definition) is 3. The molecule has 3 aromatic rings. The normalized spacial score (nSPS) is 10.4. The number of ether oxygens (including phenoxy) is 1. The van der Waals surface area contributed by atoms with Crippen LogP contribution in [0.25, 0.3) is 10.1 Å². The molecule has 0 saturated heterocycles. The van der Waals surface area contributed by atoms with Crippen molar-refractivity contribution < 1.29 is 14.6 Å². The molecule has 1 aromatic heterocycles. The molecule has 0 amide bonds. The standard InChI is InChI=1S/C17H13NO3Se/c19-17(20)14-8-4-5-9-15(14)21-10-13-11-22-16(18-13)12-6-2-1-3-7-12/h1-9,11H,10H2,(H,19,20). The van der Waals surface area contributed by atoms with Gasteiger partial charge in [-0.2, -0.15) is 0 Å². The molecule has 4 nitrogen and oxygen atoms in total. The number of rotatable bonds is 5. The predicted molar refractivity (Wildman–Crippen MR) is 84.3 cm³/mol. The van der Waals surface area contributed by atoms with E-state index < -0.39 is 5.97 Å². The Morgan fingerprint density at radius 2 is 1.82 bits per heavy atom. The molecule has 0 fully saturated rings. The molecule has 5 heteroatoms. The number of nitrogens with zero attached hydrogens (tertiary/aromatic N) is 1. The quantitative estimate of drug-likeness (QED) is 0.712. The maximum absolute atomic E-state index is 11.1. The Labute approximate surface area is 133 Å². The van der Waals surface area contributed by atoms with E-state index in [1.165, 1.54) is 6.07 Å². The molecule has 0 spiro atoms. The molecular weight excluding hydrogens is 345 g/mol. The van der Waals surface area contributed by atoms with Gasteiger partial charge in [-0.25, -0.2) is 0 Å². The minimum atomic E-state index is -0.992. The summed E-state index contributed by atoms with van der Waals surface area (Å²) >= 11 is 0.187. The average molecular weight is 358 g/mol. The van der Waals surface area contributed by atoms with E-state index >= 15 is 0 Å². The van der Waals surface area contributed by atoms with E-state index in [2.05, 4.69) is 9.92 Å². The first kappa shape index (κ1) is 14.6. The SMILES string of the molecule is O=C(O)c1ccccc1OCc1c[se]c(-c2ccccc2)n1. The van der Waals surface area contributed by atoms with Crippen molar-refractivity contribution in [3.63, 3.8) is 0 Å². The summed E-state index contributed by atoms with van der Waals surface area (Å²) in [5, 5.41) is 9.13. The molecular formula is C17H13NO3Se. The minimum absolute atomic E-state index is 0.166. The molecule has 3 rings (SSSR count). The summed E-state index contributed by atoms with van der Waals surface area (Å²) in [5.41, 5.74) is 2.14. The average Bonchev–Trinajstić information content (AvgIpc) is 3.03. The zero-order valence-corrected chi connectivity index (χ0v) is 13.3. The van der Waals surface area contributed by atoms with Crippen molar-refractivity contribution in [2.75, 3.05) is 0 Å².